The van der Waals surface area contributed by atoms with Gasteiger partial charge in [0.15, 0.2) is 0 Å². The van der Waals surface area contributed by atoms with Gasteiger partial charge in [-0.25, -0.2) is 0 Å². The van der Waals surface area contributed by atoms with Gasteiger partial charge in [-0.3, -0.25) is 14.5 Å². The van der Waals surface area contributed by atoms with Gasteiger partial charge in [0.1, 0.15) is 6.10 Å². The van der Waals surface area contributed by atoms with Crippen molar-refractivity contribution in [2.24, 2.45) is 0 Å². The van der Waals surface area contributed by atoms with Crippen molar-refractivity contribution in [3.63, 3.8) is 0 Å². The van der Waals surface area contributed by atoms with E-state index < -0.39 is 6.10 Å². The minimum absolute atomic E-state index is 0.104. The lowest BCUT2D eigenvalue weighted by atomic mass is 10.1. The second-order valence-electron chi connectivity index (χ2n) is 5.48. The monoisotopic (exact) mass is 285 g/mol. The van der Waals surface area contributed by atoms with Crippen LogP contribution in [0.5, 0.6) is 0 Å². The van der Waals surface area contributed by atoms with Gasteiger partial charge in [-0.2, -0.15) is 0 Å². The summed E-state index contributed by atoms with van der Waals surface area (Å²) in [6, 6.07) is -0.323. The molecular formula is C13H23N3O4. The minimum Gasteiger partial charge on any atom is -0.388 e. The molecule has 0 spiro atoms. The number of hydrogen-bond acceptors (Lipinski definition) is 5. The number of hydrogen-bond donors (Lipinski definition) is 2. The summed E-state index contributed by atoms with van der Waals surface area (Å²) < 4.78 is 5.57. The van der Waals surface area contributed by atoms with Crippen molar-refractivity contribution in [3.05, 3.63) is 0 Å². The van der Waals surface area contributed by atoms with E-state index in [1.165, 1.54) is 6.92 Å². The molecule has 0 aromatic heterocycles. The zero-order chi connectivity index (χ0) is 14.7. The van der Waals surface area contributed by atoms with Gasteiger partial charge >= 0.3 is 0 Å². The Hall–Kier alpha value is -1.18. The molecule has 0 radical (unpaired) electrons. The molecule has 20 heavy (non-hydrogen) atoms. The fourth-order valence-electron chi connectivity index (χ4n) is 2.73. The fourth-order valence-corrected chi connectivity index (χ4v) is 2.73. The highest BCUT2D eigenvalue weighted by Gasteiger charge is 2.37. The quantitative estimate of drug-likeness (QED) is 0.654. The first-order valence-electron chi connectivity index (χ1n) is 7.02. The van der Waals surface area contributed by atoms with Crippen molar-refractivity contribution >= 4 is 11.8 Å². The van der Waals surface area contributed by atoms with Crippen molar-refractivity contribution in [2.45, 2.75) is 32.1 Å². The third kappa shape index (κ3) is 3.68. The van der Waals surface area contributed by atoms with E-state index in [0.29, 0.717) is 26.2 Å². The SMILES string of the molecule is CC(=O)N[C@H]1CO[C@@H](CN2CCN(C(C)=O)CC2)[C@@H]1O. The van der Waals surface area contributed by atoms with Crippen molar-refractivity contribution in [1.82, 2.24) is 15.1 Å². The normalized spacial score (nSPS) is 31.4. The van der Waals surface area contributed by atoms with Crippen LogP contribution in [-0.2, 0) is 14.3 Å². The molecule has 0 aromatic carbocycles. The Labute approximate surface area is 118 Å². The summed E-state index contributed by atoms with van der Waals surface area (Å²) in [5, 5.41) is 12.8. The lowest BCUT2D eigenvalue weighted by Crippen LogP contribution is -2.52. The van der Waals surface area contributed by atoms with Crippen molar-refractivity contribution in [1.29, 1.82) is 0 Å². The third-order valence-electron chi connectivity index (χ3n) is 3.93. The average Bonchev–Trinajstić information content (AvgIpc) is 2.71. The van der Waals surface area contributed by atoms with Crippen LogP contribution in [0.15, 0.2) is 0 Å². The molecule has 2 amide bonds. The highest BCUT2D eigenvalue weighted by Crippen LogP contribution is 2.16. The minimum atomic E-state index is -0.676. The van der Waals surface area contributed by atoms with Crippen LogP contribution in [-0.4, -0.2) is 84.3 Å². The summed E-state index contributed by atoms with van der Waals surface area (Å²) in [4.78, 5) is 26.3. The van der Waals surface area contributed by atoms with Crippen LogP contribution in [0, 0.1) is 0 Å². The molecule has 2 aliphatic rings. The Morgan fingerprint density at radius 3 is 2.45 bits per heavy atom. The lowest BCUT2D eigenvalue weighted by Gasteiger charge is -2.35. The molecule has 0 aliphatic carbocycles. The molecule has 0 bridgehead atoms. The number of aliphatic hydroxyl groups is 1. The van der Waals surface area contributed by atoms with E-state index in [-0.39, 0.29) is 24.0 Å². The van der Waals surface area contributed by atoms with Gasteiger partial charge in [-0.1, -0.05) is 0 Å². The molecule has 7 heteroatoms. The van der Waals surface area contributed by atoms with Gasteiger partial charge in [0.25, 0.3) is 0 Å². The molecule has 2 aliphatic heterocycles. The van der Waals surface area contributed by atoms with Gasteiger partial charge in [-0.05, 0) is 0 Å². The highest BCUT2D eigenvalue weighted by molar-refractivity contribution is 5.73. The first-order valence-corrected chi connectivity index (χ1v) is 7.02. The maximum absolute atomic E-state index is 11.3. The maximum atomic E-state index is 11.3. The van der Waals surface area contributed by atoms with Crippen molar-refractivity contribution in [3.8, 4) is 0 Å². The molecule has 2 heterocycles. The van der Waals surface area contributed by atoms with Gasteiger partial charge < -0.3 is 20.1 Å². The fraction of sp³-hybridized carbons (Fsp3) is 0.846. The number of rotatable bonds is 3. The van der Waals surface area contributed by atoms with Crippen LogP contribution in [0.1, 0.15) is 13.8 Å². The zero-order valence-corrected chi connectivity index (χ0v) is 12.0. The van der Waals surface area contributed by atoms with Crippen LogP contribution < -0.4 is 5.32 Å². The standard InChI is InChI=1S/C13H23N3O4/c1-9(17)14-11-8-20-12(13(11)19)7-15-3-5-16(6-4-15)10(2)18/h11-13,19H,3-8H2,1-2H3,(H,14,17)/t11-,12-,13+/m0/s1. The molecule has 2 N–H and O–H groups in total. The molecule has 114 valence electrons. The summed E-state index contributed by atoms with van der Waals surface area (Å²) in [5.74, 6) is -0.0547. The van der Waals surface area contributed by atoms with E-state index in [1.54, 1.807) is 6.92 Å². The molecule has 0 unspecified atom stereocenters. The zero-order valence-electron chi connectivity index (χ0n) is 12.0. The number of aliphatic hydroxyl groups excluding tert-OH is 1. The number of piperazine rings is 1. The first-order chi connectivity index (χ1) is 9.47. The van der Waals surface area contributed by atoms with E-state index in [2.05, 4.69) is 10.2 Å². The Bertz CT molecular complexity index is 369. The summed E-state index contributed by atoms with van der Waals surface area (Å²) >= 11 is 0. The first kappa shape index (κ1) is 15.2. The topological polar surface area (TPSA) is 82.1 Å². The predicted molar refractivity (Wildman–Crippen MR) is 72.0 cm³/mol. The average molecular weight is 285 g/mol. The molecule has 2 saturated heterocycles. The highest BCUT2D eigenvalue weighted by atomic mass is 16.5. The summed E-state index contributed by atoms with van der Waals surface area (Å²) in [7, 11) is 0. The second kappa shape index (κ2) is 6.51. The van der Waals surface area contributed by atoms with Gasteiger partial charge in [0, 0.05) is 46.6 Å². The smallest absolute Gasteiger partial charge is 0.219 e. The molecule has 7 nitrogen and oxygen atoms in total. The number of carbonyl (C=O) groups excluding carboxylic acids is 2. The van der Waals surface area contributed by atoms with E-state index >= 15 is 0 Å². The van der Waals surface area contributed by atoms with E-state index in [9.17, 15) is 14.7 Å². The summed E-state index contributed by atoms with van der Waals surface area (Å²) in [6.07, 6.45) is -0.958. The Morgan fingerprint density at radius 1 is 1.25 bits per heavy atom. The number of nitrogens with one attached hydrogen (secondary N) is 1. The Kier molecular flexibility index (Phi) is 4.95. The van der Waals surface area contributed by atoms with Crippen LogP contribution in [0.25, 0.3) is 0 Å². The number of nitrogens with zero attached hydrogens (tertiary/aromatic N) is 2. The second-order valence-corrected chi connectivity index (χ2v) is 5.48. The lowest BCUT2D eigenvalue weighted by molar-refractivity contribution is -0.130. The molecule has 0 saturated carbocycles. The van der Waals surface area contributed by atoms with E-state index in [4.69, 9.17) is 4.74 Å². The van der Waals surface area contributed by atoms with Crippen LogP contribution >= 0.6 is 0 Å². The van der Waals surface area contributed by atoms with Gasteiger partial charge in [-0.15, -0.1) is 0 Å². The molecule has 2 rings (SSSR count). The molecule has 3 atom stereocenters. The van der Waals surface area contributed by atoms with E-state index in [1.807, 2.05) is 4.90 Å². The maximum Gasteiger partial charge on any atom is 0.219 e. The van der Waals surface area contributed by atoms with Crippen LogP contribution in [0.2, 0.25) is 0 Å². The summed E-state index contributed by atoms with van der Waals surface area (Å²) in [6.45, 7) is 6.99. The summed E-state index contributed by atoms with van der Waals surface area (Å²) in [5.41, 5.74) is 0. The van der Waals surface area contributed by atoms with Crippen molar-refractivity contribution < 1.29 is 19.4 Å². The molecule has 2 fully saturated rings. The van der Waals surface area contributed by atoms with Crippen LogP contribution in [0.4, 0.5) is 0 Å². The number of amides is 2. The largest absolute Gasteiger partial charge is 0.388 e. The number of ether oxygens (including phenoxy) is 1. The van der Waals surface area contributed by atoms with Crippen molar-refractivity contribution in [2.75, 3.05) is 39.3 Å². The van der Waals surface area contributed by atoms with Crippen LogP contribution in [0.3, 0.4) is 0 Å². The number of carbonyl (C=O) groups is 2. The van der Waals surface area contributed by atoms with Gasteiger partial charge in [0.05, 0.1) is 18.8 Å². The Balaban J connectivity index is 1.77. The molecule has 0 aromatic rings. The molecular weight excluding hydrogens is 262 g/mol. The van der Waals surface area contributed by atoms with E-state index in [0.717, 1.165) is 13.1 Å². The predicted octanol–water partition coefficient (Wildman–Crippen LogP) is -1.59. The third-order valence-corrected chi connectivity index (χ3v) is 3.93. The van der Waals surface area contributed by atoms with Gasteiger partial charge in [0.2, 0.25) is 11.8 Å². The Morgan fingerprint density at radius 2 is 1.90 bits per heavy atom.